The van der Waals surface area contributed by atoms with E-state index in [-0.39, 0.29) is 28.1 Å². The van der Waals surface area contributed by atoms with Gasteiger partial charge in [0.15, 0.2) is 5.58 Å². The maximum Gasteiger partial charge on any atom is 0.341 e. The molecule has 6 nitrogen and oxygen atoms in total. The standard InChI is InChI=1S/C10H10N2O4/c1-5(2)12-4-7(10(14)15)8-6(9(12)13)3-11-16-8/h3-5H,1-2H3,(H,14,15). The molecule has 0 radical (unpaired) electrons. The number of nitrogens with zero attached hydrogens (tertiary/aromatic N) is 2. The molecule has 0 saturated carbocycles. The Kier molecular flexibility index (Phi) is 2.26. The van der Waals surface area contributed by atoms with Crippen molar-refractivity contribution in [1.29, 1.82) is 0 Å². The molecular weight excluding hydrogens is 212 g/mol. The Morgan fingerprint density at radius 1 is 1.56 bits per heavy atom. The lowest BCUT2D eigenvalue weighted by atomic mass is 10.2. The Balaban J connectivity index is 2.91. The highest BCUT2D eigenvalue weighted by molar-refractivity contribution is 5.99. The SMILES string of the molecule is CC(C)n1cc(C(=O)O)c2oncc2c1=O. The Labute approximate surface area is 90.1 Å². The van der Waals surface area contributed by atoms with Gasteiger partial charge in [0.05, 0.1) is 6.20 Å². The van der Waals surface area contributed by atoms with Crippen LogP contribution in [0.3, 0.4) is 0 Å². The van der Waals surface area contributed by atoms with Gasteiger partial charge < -0.3 is 14.2 Å². The van der Waals surface area contributed by atoms with Crippen molar-refractivity contribution in [2.45, 2.75) is 19.9 Å². The van der Waals surface area contributed by atoms with Crippen molar-refractivity contribution >= 4 is 16.9 Å². The molecule has 0 amide bonds. The molecule has 0 atom stereocenters. The van der Waals surface area contributed by atoms with Gasteiger partial charge in [0.2, 0.25) is 0 Å². The Bertz CT molecular complexity index is 609. The maximum atomic E-state index is 11.9. The van der Waals surface area contributed by atoms with Crippen molar-refractivity contribution in [3.8, 4) is 0 Å². The number of carboxylic acid groups (broad SMARTS) is 1. The van der Waals surface area contributed by atoms with Crippen molar-refractivity contribution in [3.05, 3.63) is 28.3 Å². The van der Waals surface area contributed by atoms with Gasteiger partial charge in [-0.3, -0.25) is 4.79 Å². The van der Waals surface area contributed by atoms with Gasteiger partial charge in [0.1, 0.15) is 10.9 Å². The molecule has 0 bridgehead atoms. The molecule has 0 unspecified atom stereocenters. The monoisotopic (exact) mass is 222 g/mol. The lowest BCUT2D eigenvalue weighted by Gasteiger charge is -2.10. The van der Waals surface area contributed by atoms with Crippen LogP contribution in [0.2, 0.25) is 0 Å². The van der Waals surface area contributed by atoms with Gasteiger partial charge in [0.25, 0.3) is 5.56 Å². The predicted octanol–water partition coefficient (Wildman–Crippen LogP) is 1.27. The van der Waals surface area contributed by atoms with Crippen LogP contribution in [0.4, 0.5) is 0 Å². The number of carbonyl (C=O) groups is 1. The van der Waals surface area contributed by atoms with E-state index in [1.165, 1.54) is 17.0 Å². The third-order valence-electron chi connectivity index (χ3n) is 2.33. The minimum atomic E-state index is -1.14. The van der Waals surface area contributed by atoms with E-state index in [0.717, 1.165) is 0 Å². The minimum Gasteiger partial charge on any atom is -0.477 e. The molecule has 0 aliphatic rings. The van der Waals surface area contributed by atoms with Gasteiger partial charge in [-0.2, -0.15) is 0 Å². The summed E-state index contributed by atoms with van der Waals surface area (Å²) in [6.07, 6.45) is 2.52. The zero-order valence-corrected chi connectivity index (χ0v) is 8.80. The number of hydrogen-bond donors (Lipinski definition) is 1. The van der Waals surface area contributed by atoms with Crippen LogP contribution in [0.1, 0.15) is 30.2 Å². The highest BCUT2D eigenvalue weighted by Crippen LogP contribution is 2.16. The summed E-state index contributed by atoms with van der Waals surface area (Å²) in [7, 11) is 0. The van der Waals surface area contributed by atoms with Crippen LogP contribution >= 0.6 is 0 Å². The lowest BCUT2D eigenvalue weighted by molar-refractivity contribution is 0.0696. The zero-order chi connectivity index (χ0) is 11.9. The van der Waals surface area contributed by atoms with E-state index < -0.39 is 5.97 Å². The van der Waals surface area contributed by atoms with Crippen molar-refractivity contribution < 1.29 is 14.4 Å². The van der Waals surface area contributed by atoms with Gasteiger partial charge in [0, 0.05) is 12.2 Å². The van der Waals surface area contributed by atoms with E-state index >= 15 is 0 Å². The van der Waals surface area contributed by atoms with Crippen LogP contribution in [0.25, 0.3) is 11.0 Å². The number of pyridine rings is 1. The van der Waals surface area contributed by atoms with Crippen LogP contribution in [0, 0.1) is 0 Å². The Morgan fingerprint density at radius 2 is 2.25 bits per heavy atom. The second kappa shape index (κ2) is 3.48. The van der Waals surface area contributed by atoms with Gasteiger partial charge in [-0.1, -0.05) is 5.16 Å². The van der Waals surface area contributed by atoms with E-state index in [9.17, 15) is 9.59 Å². The zero-order valence-electron chi connectivity index (χ0n) is 8.80. The first-order valence-electron chi connectivity index (χ1n) is 4.75. The second-order valence-corrected chi connectivity index (χ2v) is 3.72. The molecule has 0 aliphatic carbocycles. The molecule has 2 aromatic heterocycles. The van der Waals surface area contributed by atoms with Crippen molar-refractivity contribution in [1.82, 2.24) is 9.72 Å². The molecule has 2 rings (SSSR count). The van der Waals surface area contributed by atoms with Crippen LogP contribution in [-0.2, 0) is 0 Å². The summed E-state index contributed by atoms with van der Waals surface area (Å²) >= 11 is 0. The largest absolute Gasteiger partial charge is 0.477 e. The third-order valence-corrected chi connectivity index (χ3v) is 2.33. The van der Waals surface area contributed by atoms with E-state index in [1.807, 2.05) is 0 Å². The summed E-state index contributed by atoms with van der Waals surface area (Å²) in [5, 5.41) is 12.6. The fraction of sp³-hybridized carbons (Fsp3) is 0.300. The van der Waals surface area contributed by atoms with Gasteiger partial charge in [-0.25, -0.2) is 4.79 Å². The van der Waals surface area contributed by atoms with E-state index in [2.05, 4.69) is 5.16 Å². The molecule has 2 aromatic rings. The van der Waals surface area contributed by atoms with Crippen LogP contribution in [0.5, 0.6) is 0 Å². The molecule has 0 fully saturated rings. The topological polar surface area (TPSA) is 85.3 Å². The second-order valence-electron chi connectivity index (χ2n) is 3.72. The lowest BCUT2D eigenvalue weighted by Crippen LogP contribution is -2.22. The number of aromatic carboxylic acids is 1. The molecule has 0 saturated heterocycles. The van der Waals surface area contributed by atoms with Crippen LogP contribution in [-0.4, -0.2) is 20.8 Å². The number of aromatic nitrogens is 2. The first-order chi connectivity index (χ1) is 7.52. The van der Waals surface area contributed by atoms with Gasteiger partial charge >= 0.3 is 5.97 Å². The van der Waals surface area contributed by atoms with Crippen molar-refractivity contribution in [3.63, 3.8) is 0 Å². The summed E-state index contributed by atoms with van der Waals surface area (Å²) in [4.78, 5) is 22.9. The molecule has 0 spiro atoms. The van der Waals surface area contributed by atoms with E-state index in [1.54, 1.807) is 13.8 Å². The number of rotatable bonds is 2. The predicted molar refractivity (Wildman–Crippen MR) is 55.6 cm³/mol. The molecule has 84 valence electrons. The van der Waals surface area contributed by atoms with Gasteiger partial charge in [-0.05, 0) is 13.8 Å². The fourth-order valence-corrected chi connectivity index (χ4v) is 1.52. The Hall–Kier alpha value is -2.11. The number of hydrogen-bond acceptors (Lipinski definition) is 4. The first-order valence-corrected chi connectivity index (χ1v) is 4.75. The number of fused-ring (bicyclic) bond motifs is 1. The molecule has 0 aliphatic heterocycles. The summed E-state index contributed by atoms with van der Waals surface area (Å²) in [5.41, 5.74) is -0.327. The molecule has 16 heavy (non-hydrogen) atoms. The first kappa shape index (κ1) is 10.4. The van der Waals surface area contributed by atoms with Crippen LogP contribution in [0.15, 0.2) is 21.7 Å². The highest BCUT2D eigenvalue weighted by atomic mass is 16.5. The van der Waals surface area contributed by atoms with Crippen LogP contribution < -0.4 is 5.56 Å². The fourth-order valence-electron chi connectivity index (χ4n) is 1.52. The number of carboxylic acids is 1. The van der Waals surface area contributed by atoms with E-state index in [0.29, 0.717) is 0 Å². The van der Waals surface area contributed by atoms with Crippen molar-refractivity contribution in [2.24, 2.45) is 0 Å². The Morgan fingerprint density at radius 3 is 2.81 bits per heavy atom. The minimum absolute atomic E-state index is 0.0226. The summed E-state index contributed by atoms with van der Waals surface area (Å²) in [6.45, 7) is 3.60. The molecular formula is C10H10N2O4. The summed E-state index contributed by atoms with van der Waals surface area (Å²) < 4.78 is 6.13. The average Bonchev–Trinajstić information content (AvgIpc) is 2.66. The van der Waals surface area contributed by atoms with Gasteiger partial charge in [-0.15, -0.1) is 0 Å². The average molecular weight is 222 g/mol. The third kappa shape index (κ3) is 1.39. The van der Waals surface area contributed by atoms with Crippen molar-refractivity contribution in [2.75, 3.05) is 0 Å². The molecule has 2 heterocycles. The van der Waals surface area contributed by atoms with E-state index in [4.69, 9.17) is 9.63 Å². The summed E-state index contributed by atoms with van der Waals surface area (Å²) in [6, 6.07) is -0.120. The highest BCUT2D eigenvalue weighted by Gasteiger charge is 2.18. The molecule has 6 heteroatoms. The normalized spacial score (nSPS) is 11.2. The summed E-state index contributed by atoms with van der Waals surface area (Å²) in [5.74, 6) is -1.14. The quantitative estimate of drug-likeness (QED) is 0.826. The molecule has 0 aromatic carbocycles. The molecule has 1 N–H and O–H groups in total. The maximum absolute atomic E-state index is 11.9. The smallest absolute Gasteiger partial charge is 0.341 e.